The van der Waals surface area contributed by atoms with E-state index >= 15 is 0 Å². The summed E-state index contributed by atoms with van der Waals surface area (Å²) in [5.41, 5.74) is 0.0651. The van der Waals surface area contributed by atoms with Gasteiger partial charge in [-0.25, -0.2) is 8.42 Å². The van der Waals surface area contributed by atoms with Crippen LogP contribution in [0.3, 0.4) is 0 Å². The SMILES string of the molecule is Cc1nn(C)c(C)c1S(=O)(=O)NC1(C#N)CCCCCC1. The van der Waals surface area contributed by atoms with Crippen molar-refractivity contribution in [2.24, 2.45) is 7.05 Å². The minimum atomic E-state index is -3.74. The van der Waals surface area contributed by atoms with Gasteiger partial charge in [-0.3, -0.25) is 4.68 Å². The molecule has 1 aliphatic rings. The number of hydrogen-bond donors (Lipinski definition) is 1. The number of nitrogens with zero attached hydrogens (tertiary/aromatic N) is 3. The van der Waals surface area contributed by atoms with Crippen LogP contribution in [0, 0.1) is 25.2 Å². The van der Waals surface area contributed by atoms with E-state index in [0.29, 0.717) is 24.2 Å². The van der Waals surface area contributed by atoms with Gasteiger partial charge in [0, 0.05) is 7.05 Å². The fourth-order valence-corrected chi connectivity index (χ4v) is 4.84. The van der Waals surface area contributed by atoms with Crippen molar-refractivity contribution in [2.75, 3.05) is 0 Å². The lowest BCUT2D eigenvalue weighted by molar-refractivity contribution is 0.421. The summed E-state index contributed by atoms with van der Waals surface area (Å²) in [6.07, 6.45) is 5.00. The van der Waals surface area contributed by atoms with E-state index in [1.807, 2.05) is 0 Å². The highest BCUT2D eigenvalue weighted by Gasteiger charge is 2.37. The lowest BCUT2D eigenvalue weighted by Gasteiger charge is -2.26. The molecule has 21 heavy (non-hydrogen) atoms. The average molecular weight is 310 g/mol. The molecule has 0 aliphatic heterocycles. The Balaban J connectivity index is 2.38. The molecule has 1 aromatic rings. The lowest BCUT2D eigenvalue weighted by atomic mass is 9.94. The fraction of sp³-hybridized carbons (Fsp3) is 0.714. The van der Waals surface area contributed by atoms with Crippen LogP contribution in [0.2, 0.25) is 0 Å². The Kier molecular flexibility index (Phi) is 4.40. The summed E-state index contributed by atoms with van der Waals surface area (Å²) < 4.78 is 29.7. The number of aryl methyl sites for hydroxylation is 2. The molecule has 0 radical (unpaired) electrons. The van der Waals surface area contributed by atoms with Crippen molar-refractivity contribution in [3.63, 3.8) is 0 Å². The molecule has 116 valence electrons. The van der Waals surface area contributed by atoms with E-state index in [1.54, 1.807) is 25.6 Å². The van der Waals surface area contributed by atoms with Crippen molar-refractivity contribution in [1.29, 1.82) is 5.26 Å². The van der Waals surface area contributed by atoms with E-state index in [4.69, 9.17) is 0 Å². The van der Waals surface area contributed by atoms with Crippen LogP contribution in [-0.4, -0.2) is 23.7 Å². The molecule has 7 heteroatoms. The Labute approximate surface area is 126 Å². The maximum Gasteiger partial charge on any atom is 0.245 e. The molecule has 1 aromatic heterocycles. The molecule has 1 heterocycles. The summed E-state index contributed by atoms with van der Waals surface area (Å²) in [4.78, 5) is 0.198. The summed E-state index contributed by atoms with van der Waals surface area (Å²) >= 11 is 0. The first-order valence-electron chi connectivity index (χ1n) is 7.27. The van der Waals surface area contributed by atoms with Crippen molar-refractivity contribution < 1.29 is 8.42 Å². The number of rotatable bonds is 3. The lowest BCUT2D eigenvalue weighted by Crippen LogP contribution is -2.47. The average Bonchev–Trinajstić information content (AvgIpc) is 2.58. The van der Waals surface area contributed by atoms with Crippen LogP contribution >= 0.6 is 0 Å². The normalized spacial score (nSPS) is 19.0. The van der Waals surface area contributed by atoms with Crippen LogP contribution in [-0.2, 0) is 17.1 Å². The monoisotopic (exact) mass is 310 g/mol. The maximum absolute atomic E-state index is 12.7. The second-order valence-corrected chi connectivity index (χ2v) is 7.46. The molecule has 1 aliphatic carbocycles. The van der Waals surface area contributed by atoms with E-state index < -0.39 is 15.6 Å². The summed E-state index contributed by atoms with van der Waals surface area (Å²) in [5.74, 6) is 0. The topological polar surface area (TPSA) is 87.8 Å². The van der Waals surface area contributed by atoms with Gasteiger partial charge in [-0.2, -0.15) is 15.1 Å². The Morgan fingerprint density at radius 2 is 1.81 bits per heavy atom. The number of aromatic nitrogens is 2. The molecule has 0 amide bonds. The summed E-state index contributed by atoms with van der Waals surface area (Å²) in [6.45, 7) is 3.40. The Bertz CT molecular complexity index is 662. The summed E-state index contributed by atoms with van der Waals surface area (Å²) in [5, 5.41) is 13.7. The van der Waals surface area contributed by atoms with E-state index in [0.717, 1.165) is 25.7 Å². The van der Waals surface area contributed by atoms with Crippen LogP contribution in [0.5, 0.6) is 0 Å². The molecule has 1 saturated carbocycles. The predicted octanol–water partition coefficient (Wildman–Crippen LogP) is 1.93. The van der Waals surface area contributed by atoms with Gasteiger partial charge in [-0.1, -0.05) is 25.7 Å². The molecule has 0 unspecified atom stereocenters. The zero-order valence-electron chi connectivity index (χ0n) is 12.8. The number of sulfonamides is 1. The van der Waals surface area contributed by atoms with Gasteiger partial charge < -0.3 is 0 Å². The Morgan fingerprint density at radius 3 is 2.24 bits per heavy atom. The number of nitrogens with one attached hydrogen (secondary N) is 1. The predicted molar refractivity (Wildman–Crippen MR) is 79.0 cm³/mol. The summed E-state index contributed by atoms with van der Waals surface area (Å²) in [7, 11) is -2.03. The molecule has 1 fully saturated rings. The standard InChI is InChI=1S/C14H22N4O2S/c1-11-13(12(2)18(3)16-11)21(19,20)17-14(10-15)8-6-4-5-7-9-14/h17H,4-9H2,1-3H3. The molecule has 0 spiro atoms. The third-order valence-electron chi connectivity index (χ3n) is 4.21. The molecule has 0 atom stereocenters. The largest absolute Gasteiger partial charge is 0.271 e. The van der Waals surface area contributed by atoms with Gasteiger partial charge in [0.25, 0.3) is 0 Å². The van der Waals surface area contributed by atoms with Crippen LogP contribution in [0.4, 0.5) is 0 Å². The van der Waals surface area contributed by atoms with E-state index in [-0.39, 0.29) is 4.90 Å². The van der Waals surface area contributed by atoms with Gasteiger partial charge in [0.1, 0.15) is 10.4 Å². The number of hydrogen-bond acceptors (Lipinski definition) is 4. The van der Waals surface area contributed by atoms with E-state index in [1.165, 1.54) is 0 Å². The van der Waals surface area contributed by atoms with Gasteiger partial charge in [-0.15, -0.1) is 0 Å². The highest BCUT2D eigenvalue weighted by molar-refractivity contribution is 7.89. The first-order chi connectivity index (χ1) is 9.81. The molecule has 0 aromatic carbocycles. The molecular weight excluding hydrogens is 288 g/mol. The van der Waals surface area contributed by atoms with Gasteiger partial charge in [0.2, 0.25) is 10.0 Å². The molecule has 2 rings (SSSR count). The van der Waals surface area contributed by atoms with Crippen molar-refractivity contribution in [2.45, 2.75) is 62.8 Å². The second kappa shape index (κ2) is 5.78. The second-order valence-electron chi connectivity index (χ2n) is 5.84. The fourth-order valence-electron chi connectivity index (χ4n) is 3.02. The van der Waals surface area contributed by atoms with E-state index in [2.05, 4.69) is 15.9 Å². The van der Waals surface area contributed by atoms with Crippen molar-refractivity contribution in [1.82, 2.24) is 14.5 Å². The van der Waals surface area contributed by atoms with Gasteiger partial charge in [-0.05, 0) is 26.7 Å². The highest BCUT2D eigenvalue weighted by Crippen LogP contribution is 2.29. The minimum Gasteiger partial charge on any atom is -0.271 e. The van der Waals surface area contributed by atoms with Crippen LogP contribution in [0.15, 0.2) is 4.90 Å². The highest BCUT2D eigenvalue weighted by atomic mass is 32.2. The number of nitriles is 1. The maximum atomic E-state index is 12.7. The molecule has 0 bridgehead atoms. The first-order valence-corrected chi connectivity index (χ1v) is 8.75. The molecule has 1 N–H and O–H groups in total. The van der Waals surface area contributed by atoms with Crippen molar-refractivity contribution in [3.8, 4) is 6.07 Å². The molecule has 6 nitrogen and oxygen atoms in total. The van der Waals surface area contributed by atoms with Gasteiger partial charge >= 0.3 is 0 Å². The summed E-state index contributed by atoms with van der Waals surface area (Å²) in [6, 6.07) is 2.21. The Morgan fingerprint density at radius 1 is 1.24 bits per heavy atom. The van der Waals surface area contributed by atoms with Crippen LogP contribution < -0.4 is 4.72 Å². The van der Waals surface area contributed by atoms with Crippen LogP contribution in [0.1, 0.15) is 49.9 Å². The quantitative estimate of drug-likeness (QED) is 0.864. The minimum absolute atomic E-state index is 0.198. The zero-order valence-corrected chi connectivity index (χ0v) is 13.6. The zero-order chi connectivity index (χ0) is 15.7. The third kappa shape index (κ3) is 3.11. The third-order valence-corrected chi connectivity index (χ3v) is 6.00. The van der Waals surface area contributed by atoms with Gasteiger partial charge in [0.05, 0.1) is 17.5 Å². The van der Waals surface area contributed by atoms with Crippen molar-refractivity contribution in [3.05, 3.63) is 11.4 Å². The first kappa shape index (κ1) is 16.0. The van der Waals surface area contributed by atoms with E-state index in [9.17, 15) is 13.7 Å². The molecular formula is C14H22N4O2S. The smallest absolute Gasteiger partial charge is 0.245 e. The van der Waals surface area contributed by atoms with Gasteiger partial charge in [0.15, 0.2) is 0 Å². The Hall–Kier alpha value is -1.39. The van der Waals surface area contributed by atoms with Crippen LogP contribution in [0.25, 0.3) is 0 Å². The molecule has 0 saturated heterocycles. The van der Waals surface area contributed by atoms with Crippen molar-refractivity contribution >= 4 is 10.0 Å².